The number of hydrogen-bond donors (Lipinski definition) is 0. The van der Waals surface area contributed by atoms with E-state index in [1.807, 2.05) is 18.2 Å². The molecule has 0 unspecified atom stereocenters. The summed E-state index contributed by atoms with van der Waals surface area (Å²) in [6.07, 6.45) is 3.38. The van der Waals surface area contributed by atoms with Crippen LogP contribution in [0.15, 0.2) is 54.9 Å². The lowest BCUT2D eigenvalue weighted by Gasteiger charge is -2.44. The summed E-state index contributed by atoms with van der Waals surface area (Å²) in [5.74, 6) is 0.143. The largest absolute Gasteiger partial charge is 0.379 e. The van der Waals surface area contributed by atoms with Crippen molar-refractivity contribution >= 4 is 5.78 Å². The quantitative estimate of drug-likeness (QED) is 0.714. The van der Waals surface area contributed by atoms with Crippen molar-refractivity contribution in [3.8, 4) is 0 Å². The lowest BCUT2D eigenvalue weighted by molar-refractivity contribution is -0.0301. The van der Waals surface area contributed by atoms with Crippen molar-refractivity contribution in [1.82, 2.24) is 14.8 Å². The fourth-order valence-corrected chi connectivity index (χ4v) is 4.15. The van der Waals surface area contributed by atoms with Crippen LogP contribution < -0.4 is 0 Å². The van der Waals surface area contributed by atoms with E-state index in [9.17, 15) is 4.79 Å². The van der Waals surface area contributed by atoms with Gasteiger partial charge < -0.3 is 9.47 Å². The van der Waals surface area contributed by atoms with Crippen molar-refractivity contribution in [3.63, 3.8) is 0 Å². The van der Waals surface area contributed by atoms with Gasteiger partial charge in [-0.15, -0.1) is 0 Å². The minimum absolute atomic E-state index is 0.0242. The summed E-state index contributed by atoms with van der Waals surface area (Å²) in [4.78, 5) is 22.5. The first-order valence-corrected chi connectivity index (χ1v) is 9.97. The van der Waals surface area contributed by atoms with E-state index in [1.54, 1.807) is 12.4 Å². The second-order valence-electron chi connectivity index (χ2n) is 7.20. The average molecular weight is 381 g/mol. The van der Waals surface area contributed by atoms with Gasteiger partial charge in [0.1, 0.15) is 0 Å². The highest BCUT2D eigenvalue weighted by atomic mass is 16.5. The number of nitrogens with zero attached hydrogens (tertiary/aromatic N) is 3. The number of carbonyl (C=O) groups excluding carboxylic acids is 1. The lowest BCUT2D eigenvalue weighted by atomic mass is 9.89. The lowest BCUT2D eigenvalue weighted by Crippen LogP contribution is -2.55. The predicted molar refractivity (Wildman–Crippen MR) is 106 cm³/mol. The molecule has 0 aliphatic carbocycles. The number of benzene rings is 1. The van der Waals surface area contributed by atoms with Crippen molar-refractivity contribution in [2.24, 2.45) is 0 Å². The third kappa shape index (κ3) is 4.31. The van der Waals surface area contributed by atoms with E-state index < -0.39 is 0 Å². The molecular formula is C22H27N3O3. The minimum atomic E-state index is -0.271. The standard InChI is InChI=1S/C22H27N3O3/c26-22(19-6-8-23-9-7-19)21(25-12-16-28-17-13-25)20(18-4-2-1-3-5-18)24-10-14-27-15-11-24/h1-9,20-21H,10-17H2/t20-,21+/m0/s1. The highest BCUT2D eigenvalue weighted by Gasteiger charge is 2.39. The van der Waals surface area contributed by atoms with Crippen LogP contribution in [-0.4, -0.2) is 79.2 Å². The first-order valence-electron chi connectivity index (χ1n) is 9.97. The Morgan fingerprint density at radius 2 is 1.39 bits per heavy atom. The van der Waals surface area contributed by atoms with Crippen LogP contribution in [0.4, 0.5) is 0 Å². The summed E-state index contributed by atoms with van der Waals surface area (Å²) in [6.45, 7) is 5.87. The normalized spacial score (nSPS) is 21.1. The minimum Gasteiger partial charge on any atom is -0.379 e. The molecule has 0 saturated carbocycles. The fourth-order valence-electron chi connectivity index (χ4n) is 4.15. The van der Waals surface area contributed by atoms with Crippen LogP contribution >= 0.6 is 0 Å². The first-order chi connectivity index (χ1) is 13.8. The van der Waals surface area contributed by atoms with Crippen molar-refractivity contribution in [2.75, 3.05) is 52.6 Å². The number of Topliss-reactive ketones (excluding diaryl/α,β-unsaturated/α-hetero) is 1. The molecule has 28 heavy (non-hydrogen) atoms. The van der Waals surface area contributed by atoms with Gasteiger partial charge in [0, 0.05) is 44.1 Å². The SMILES string of the molecule is O=C(c1ccncc1)[C@@H]([C@H](c1ccccc1)N1CCOCC1)N1CCOCC1. The molecule has 1 aromatic carbocycles. The number of ketones is 1. The molecule has 2 saturated heterocycles. The van der Waals surface area contributed by atoms with Crippen molar-refractivity contribution in [2.45, 2.75) is 12.1 Å². The van der Waals surface area contributed by atoms with Crippen LogP contribution in [0, 0.1) is 0 Å². The first kappa shape index (κ1) is 19.2. The average Bonchev–Trinajstić information content (AvgIpc) is 2.79. The monoisotopic (exact) mass is 381 g/mol. The van der Waals surface area contributed by atoms with Gasteiger partial charge in [-0.25, -0.2) is 0 Å². The Bertz CT molecular complexity index is 744. The Morgan fingerprint density at radius 1 is 0.821 bits per heavy atom. The van der Waals surface area contributed by atoms with Crippen LogP contribution in [0.1, 0.15) is 22.0 Å². The number of carbonyl (C=O) groups is 1. The summed E-state index contributed by atoms with van der Waals surface area (Å²) < 4.78 is 11.2. The van der Waals surface area contributed by atoms with Gasteiger partial charge in [-0.3, -0.25) is 19.6 Å². The van der Waals surface area contributed by atoms with Crippen LogP contribution in [0.3, 0.4) is 0 Å². The van der Waals surface area contributed by atoms with E-state index in [4.69, 9.17) is 9.47 Å². The van der Waals surface area contributed by atoms with Gasteiger partial charge in [0.25, 0.3) is 0 Å². The van der Waals surface area contributed by atoms with Crippen LogP contribution in [0.5, 0.6) is 0 Å². The fraction of sp³-hybridized carbons (Fsp3) is 0.455. The number of morpholine rings is 2. The summed E-state index contributed by atoms with van der Waals surface area (Å²) in [6, 6.07) is 13.7. The van der Waals surface area contributed by atoms with Gasteiger partial charge in [0.05, 0.1) is 38.5 Å². The molecule has 0 bridgehead atoms. The van der Waals surface area contributed by atoms with E-state index in [2.05, 4.69) is 39.0 Å². The third-order valence-electron chi connectivity index (χ3n) is 5.55. The van der Waals surface area contributed by atoms with Gasteiger partial charge in [0.2, 0.25) is 0 Å². The second kappa shape index (κ2) is 9.39. The van der Waals surface area contributed by atoms with E-state index in [1.165, 1.54) is 5.56 Å². The molecule has 0 radical (unpaired) electrons. The van der Waals surface area contributed by atoms with Gasteiger partial charge >= 0.3 is 0 Å². The molecule has 6 nitrogen and oxygen atoms in total. The molecule has 148 valence electrons. The number of pyridine rings is 1. The Hall–Kier alpha value is -2.12. The van der Waals surface area contributed by atoms with Crippen molar-refractivity contribution in [3.05, 3.63) is 66.0 Å². The molecule has 0 N–H and O–H groups in total. The molecular weight excluding hydrogens is 354 g/mol. The molecule has 3 heterocycles. The summed E-state index contributed by atoms with van der Waals surface area (Å²) in [5, 5.41) is 0. The number of ether oxygens (including phenoxy) is 2. The van der Waals surface area contributed by atoms with Crippen molar-refractivity contribution in [1.29, 1.82) is 0 Å². The zero-order valence-electron chi connectivity index (χ0n) is 16.1. The molecule has 2 aromatic rings. The summed E-state index contributed by atoms with van der Waals surface area (Å²) in [5.41, 5.74) is 1.88. The third-order valence-corrected chi connectivity index (χ3v) is 5.55. The van der Waals surface area contributed by atoms with Gasteiger partial charge in [0.15, 0.2) is 5.78 Å². The van der Waals surface area contributed by atoms with E-state index in [-0.39, 0.29) is 17.9 Å². The number of rotatable bonds is 6. The molecule has 2 atom stereocenters. The summed E-state index contributed by atoms with van der Waals surface area (Å²) >= 11 is 0. The van der Waals surface area contributed by atoms with E-state index in [0.29, 0.717) is 32.0 Å². The summed E-state index contributed by atoms with van der Waals surface area (Å²) in [7, 11) is 0. The Kier molecular flexibility index (Phi) is 6.44. The van der Waals surface area contributed by atoms with Gasteiger partial charge in [-0.05, 0) is 17.7 Å². The van der Waals surface area contributed by atoms with Gasteiger partial charge in [-0.2, -0.15) is 0 Å². The van der Waals surface area contributed by atoms with Crippen LogP contribution in [0.2, 0.25) is 0 Å². The molecule has 1 aromatic heterocycles. The molecule has 2 fully saturated rings. The second-order valence-corrected chi connectivity index (χ2v) is 7.20. The molecule has 0 spiro atoms. The number of aromatic nitrogens is 1. The zero-order valence-corrected chi connectivity index (χ0v) is 16.1. The maximum Gasteiger partial charge on any atom is 0.182 e. The Balaban J connectivity index is 1.74. The van der Waals surface area contributed by atoms with E-state index in [0.717, 1.165) is 26.2 Å². The Morgan fingerprint density at radius 3 is 2.00 bits per heavy atom. The highest BCUT2D eigenvalue weighted by Crippen LogP contribution is 2.31. The van der Waals surface area contributed by atoms with Crippen molar-refractivity contribution < 1.29 is 14.3 Å². The Labute approximate surface area is 166 Å². The van der Waals surface area contributed by atoms with Crippen LogP contribution in [0.25, 0.3) is 0 Å². The molecule has 6 heteroatoms. The number of hydrogen-bond acceptors (Lipinski definition) is 6. The highest BCUT2D eigenvalue weighted by molar-refractivity contribution is 6.00. The predicted octanol–water partition coefficient (Wildman–Crippen LogP) is 2.04. The smallest absolute Gasteiger partial charge is 0.182 e. The molecule has 0 amide bonds. The molecule has 4 rings (SSSR count). The maximum absolute atomic E-state index is 13.7. The molecule has 2 aliphatic heterocycles. The van der Waals surface area contributed by atoms with Crippen LogP contribution in [-0.2, 0) is 9.47 Å². The van der Waals surface area contributed by atoms with Gasteiger partial charge in [-0.1, -0.05) is 30.3 Å². The maximum atomic E-state index is 13.7. The van der Waals surface area contributed by atoms with E-state index >= 15 is 0 Å². The molecule has 2 aliphatic rings. The zero-order chi connectivity index (χ0) is 19.2. The topological polar surface area (TPSA) is 54.9 Å².